The Hall–Kier alpha value is -0.600. The van der Waals surface area contributed by atoms with Crippen molar-refractivity contribution in [3.8, 4) is 0 Å². The lowest BCUT2D eigenvalue weighted by Gasteiger charge is -2.02. The lowest BCUT2D eigenvalue weighted by Crippen LogP contribution is -2.07. The molecule has 0 rings (SSSR count). The molecular weight excluding hydrogens is 135 g/mol. The van der Waals surface area contributed by atoms with E-state index < -0.39 is 6.17 Å². The normalized spacial score (nSPS) is 12.7. The Balaban J connectivity index is 3.12. The van der Waals surface area contributed by atoms with Crippen molar-refractivity contribution in [1.82, 2.24) is 0 Å². The first-order valence-electron chi connectivity index (χ1n) is 3.46. The van der Waals surface area contributed by atoms with Crippen LogP contribution in [0.1, 0.15) is 26.7 Å². The Labute approximate surface area is 60.4 Å². The van der Waals surface area contributed by atoms with Crippen LogP contribution in [0.2, 0.25) is 0 Å². The van der Waals surface area contributed by atoms with Gasteiger partial charge < -0.3 is 4.74 Å². The molecule has 0 heterocycles. The average molecular weight is 148 g/mol. The van der Waals surface area contributed by atoms with Crippen molar-refractivity contribution in [2.75, 3.05) is 6.61 Å². The number of hydrogen-bond acceptors (Lipinski definition) is 2. The second kappa shape index (κ2) is 5.21. The molecule has 0 fully saturated rings. The van der Waals surface area contributed by atoms with Crippen LogP contribution in [0.15, 0.2) is 0 Å². The summed E-state index contributed by atoms with van der Waals surface area (Å²) >= 11 is 0. The minimum absolute atomic E-state index is 0.199. The van der Waals surface area contributed by atoms with E-state index in [0.29, 0.717) is 12.8 Å². The molecule has 3 heteroatoms. The monoisotopic (exact) mass is 148 g/mol. The van der Waals surface area contributed by atoms with Crippen molar-refractivity contribution in [1.29, 1.82) is 0 Å². The quantitative estimate of drug-likeness (QED) is 0.567. The van der Waals surface area contributed by atoms with Crippen LogP contribution in [0.3, 0.4) is 0 Å². The topological polar surface area (TPSA) is 26.3 Å². The van der Waals surface area contributed by atoms with Gasteiger partial charge in [0.1, 0.15) is 6.17 Å². The van der Waals surface area contributed by atoms with E-state index in [-0.39, 0.29) is 12.6 Å². The number of carbonyl (C=O) groups excluding carboxylic acids is 1. The predicted octanol–water partition coefficient (Wildman–Crippen LogP) is 1.69. The van der Waals surface area contributed by atoms with Crippen molar-refractivity contribution < 1.29 is 13.9 Å². The molecule has 0 aliphatic heterocycles. The fourth-order valence-electron chi connectivity index (χ4n) is 0.437. The van der Waals surface area contributed by atoms with E-state index in [1.807, 2.05) is 0 Å². The number of hydrogen-bond donors (Lipinski definition) is 0. The molecule has 0 aliphatic carbocycles. The number of rotatable bonds is 4. The molecule has 60 valence electrons. The molecule has 2 nitrogen and oxygen atoms in total. The van der Waals surface area contributed by atoms with Crippen LogP contribution in [0.5, 0.6) is 0 Å². The SMILES string of the molecule is CCC(=O)OCC[C@@H](C)F. The minimum Gasteiger partial charge on any atom is -0.466 e. The largest absolute Gasteiger partial charge is 0.466 e. The van der Waals surface area contributed by atoms with Gasteiger partial charge in [0.15, 0.2) is 0 Å². The number of alkyl halides is 1. The molecule has 1 atom stereocenters. The molecule has 0 aromatic heterocycles. The molecule has 0 aromatic rings. The van der Waals surface area contributed by atoms with Gasteiger partial charge in [0.2, 0.25) is 0 Å². The summed E-state index contributed by atoms with van der Waals surface area (Å²) in [7, 11) is 0. The van der Waals surface area contributed by atoms with Crippen LogP contribution < -0.4 is 0 Å². The molecule has 0 spiro atoms. The second-order valence-corrected chi connectivity index (χ2v) is 2.14. The lowest BCUT2D eigenvalue weighted by atomic mass is 10.3. The predicted molar refractivity (Wildman–Crippen MR) is 36.4 cm³/mol. The first kappa shape index (κ1) is 9.40. The zero-order chi connectivity index (χ0) is 7.98. The number of carbonyl (C=O) groups is 1. The maximum Gasteiger partial charge on any atom is 0.305 e. The summed E-state index contributed by atoms with van der Waals surface area (Å²) < 4.78 is 16.7. The van der Waals surface area contributed by atoms with Crippen LogP contribution in [-0.2, 0) is 9.53 Å². The lowest BCUT2D eigenvalue weighted by molar-refractivity contribution is -0.143. The van der Waals surface area contributed by atoms with Gasteiger partial charge >= 0.3 is 5.97 Å². The smallest absolute Gasteiger partial charge is 0.305 e. The van der Waals surface area contributed by atoms with Gasteiger partial charge in [-0.1, -0.05) is 6.92 Å². The van der Waals surface area contributed by atoms with Crippen LogP contribution in [0, 0.1) is 0 Å². The average Bonchev–Trinajstić information content (AvgIpc) is 1.87. The van der Waals surface area contributed by atoms with Crippen molar-refractivity contribution >= 4 is 5.97 Å². The van der Waals surface area contributed by atoms with E-state index in [4.69, 9.17) is 0 Å². The number of ether oxygens (including phenoxy) is 1. The molecule has 0 saturated carbocycles. The number of halogens is 1. The van der Waals surface area contributed by atoms with Gasteiger partial charge in [-0.2, -0.15) is 0 Å². The molecule has 0 bridgehead atoms. The fourth-order valence-corrected chi connectivity index (χ4v) is 0.437. The van der Waals surface area contributed by atoms with Gasteiger partial charge in [0.25, 0.3) is 0 Å². The summed E-state index contributed by atoms with van der Waals surface area (Å²) in [4.78, 5) is 10.4. The summed E-state index contributed by atoms with van der Waals surface area (Å²) in [5, 5.41) is 0. The molecule has 0 aliphatic rings. The van der Waals surface area contributed by atoms with Gasteiger partial charge in [-0.05, 0) is 6.92 Å². The standard InChI is InChI=1S/C7H13FO2/c1-3-7(9)10-5-4-6(2)8/h6H,3-5H2,1-2H3/t6-/m1/s1. The Kier molecular flexibility index (Phi) is 4.89. The fraction of sp³-hybridized carbons (Fsp3) is 0.857. The highest BCUT2D eigenvalue weighted by molar-refractivity contribution is 5.68. The molecule has 0 amide bonds. The maximum atomic E-state index is 12.1. The highest BCUT2D eigenvalue weighted by Gasteiger charge is 2.00. The maximum absolute atomic E-state index is 12.1. The van der Waals surface area contributed by atoms with Gasteiger partial charge in [-0.3, -0.25) is 4.79 Å². The molecule has 0 radical (unpaired) electrons. The van der Waals surface area contributed by atoms with E-state index in [1.165, 1.54) is 6.92 Å². The summed E-state index contributed by atoms with van der Waals surface area (Å²) in [6.07, 6.45) is -0.225. The van der Waals surface area contributed by atoms with Gasteiger partial charge in [-0.25, -0.2) is 4.39 Å². The minimum atomic E-state index is -0.885. The summed E-state index contributed by atoms with van der Waals surface area (Å²) in [6.45, 7) is 3.35. The van der Waals surface area contributed by atoms with E-state index in [1.54, 1.807) is 6.92 Å². The highest BCUT2D eigenvalue weighted by atomic mass is 19.1. The van der Waals surface area contributed by atoms with E-state index in [9.17, 15) is 9.18 Å². The Morgan fingerprint density at radius 2 is 2.30 bits per heavy atom. The summed E-state index contributed by atoms with van der Waals surface area (Å²) in [6, 6.07) is 0. The third-order valence-electron chi connectivity index (χ3n) is 1.07. The molecular formula is C7H13FO2. The molecule has 0 N–H and O–H groups in total. The summed E-state index contributed by atoms with van der Waals surface area (Å²) in [5.41, 5.74) is 0. The Bertz CT molecular complexity index is 102. The van der Waals surface area contributed by atoms with Crippen molar-refractivity contribution in [3.63, 3.8) is 0 Å². The van der Waals surface area contributed by atoms with Crippen LogP contribution in [-0.4, -0.2) is 18.7 Å². The summed E-state index contributed by atoms with van der Waals surface area (Å²) in [5.74, 6) is -0.263. The highest BCUT2D eigenvalue weighted by Crippen LogP contribution is 1.96. The third-order valence-corrected chi connectivity index (χ3v) is 1.07. The van der Waals surface area contributed by atoms with Crippen LogP contribution >= 0.6 is 0 Å². The molecule has 0 unspecified atom stereocenters. The zero-order valence-corrected chi connectivity index (χ0v) is 6.39. The third kappa shape index (κ3) is 5.54. The van der Waals surface area contributed by atoms with E-state index >= 15 is 0 Å². The second-order valence-electron chi connectivity index (χ2n) is 2.14. The van der Waals surface area contributed by atoms with Gasteiger partial charge in [-0.15, -0.1) is 0 Å². The van der Waals surface area contributed by atoms with Gasteiger partial charge in [0.05, 0.1) is 6.61 Å². The van der Waals surface area contributed by atoms with Crippen molar-refractivity contribution in [3.05, 3.63) is 0 Å². The first-order valence-corrected chi connectivity index (χ1v) is 3.46. The van der Waals surface area contributed by atoms with E-state index in [0.717, 1.165) is 0 Å². The van der Waals surface area contributed by atoms with Gasteiger partial charge in [0, 0.05) is 12.8 Å². The van der Waals surface area contributed by atoms with Crippen molar-refractivity contribution in [2.24, 2.45) is 0 Å². The zero-order valence-electron chi connectivity index (χ0n) is 6.39. The Morgan fingerprint density at radius 3 is 2.70 bits per heavy atom. The first-order chi connectivity index (χ1) is 4.66. The van der Waals surface area contributed by atoms with E-state index in [2.05, 4.69) is 4.74 Å². The molecule has 0 aromatic carbocycles. The van der Waals surface area contributed by atoms with Crippen LogP contribution in [0.4, 0.5) is 4.39 Å². The van der Waals surface area contributed by atoms with Crippen molar-refractivity contribution in [2.45, 2.75) is 32.9 Å². The molecule has 10 heavy (non-hydrogen) atoms. The number of esters is 1. The van der Waals surface area contributed by atoms with Crippen LogP contribution in [0.25, 0.3) is 0 Å². The Morgan fingerprint density at radius 1 is 1.70 bits per heavy atom. The molecule has 0 saturated heterocycles.